The molecule has 1 aromatic rings. The lowest BCUT2D eigenvalue weighted by atomic mass is 10.0. The quantitative estimate of drug-likeness (QED) is 0.868. The number of fused-ring (bicyclic) bond motifs is 1. The van der Waals surface area contributed by atoms with E-state index in [1.165, 1.54) is 0 Å². The average molecular weight is 247 g/mol. The summed E-state index contributed by atoms with van der Waals surface area (Å²) < 4.78 is 5.45. The smallest absolute Gasteiger partial charge is 0.224 e. The number of carbonyl (C=O) groups is 2. The first-order valence-corrected chi connectivity index (χ1v) is 6.26. The second kappa shape index (κ2) is 5.67. The molecule has 0 aliphatic carbocycles. The third-order valence-electron chi connectivity index (χ3n) is 2.90. The van der Waals surface area contributed by atoms with E-state index in [1.54, 1.807) is 6.07 Å². The van der Waals surface area contributed by atoms with Crippen LogP contribution in [0.1, 0.15) is 31.7 Å². The van der Waals surface area contributed by atoms with Gasteiger partial charge in [-0.05, 0) is 36.6 Å². The molecule has 0 spiro atoms. The summed E-state index contributed by atoms with van der Waals surface area (Å²) in [5.74, 6) is 0.854. The summed E-state index contributed by atoms with van der Waals surface area (Å²) in [6, 6.07) is 5.50. The minimum absolute atomic E-state index is 0.0503. The number of nitrogens with one attached hydrogen (secondary N) is 1. The van der Waals surface area contributed by atoms with Gasteiger partial charge < -0.3 is 10.1 Å². The fraction of sp³-hybridized carbons (Fsp3) is 0.429. The minimum Gasteiger partial charge on any atom is -0.486 e. The van der Waals surface area contributed by atoms with Crippen molar-refractivity contribution in [2.45, 2.75) is 32.6 Å². The van der Waals surface area contributed by atoms with Gasteiger partial charge in [-0.3, -0.25) is 9.59 Å². The maximum absolute atomic E-state index is 11.4. The standard InChI is InChI=1S/C14H17NO3/c1-2-3-11(16)9-18-12-5-6-13-10(8-12)4-7-14(17)15-13/h5-6,8H,2-4,7,9H2,1H3,(H,15,17). The number of Topliss-reactive ketones (excluding diaryl/α,β-unsaturated/α-hetero) is 1. The van der Waals surface area contributed by atoms with E-state index in [2.05, 4.69) is 5.32 Å². The van der Waals surface area contributed by atoms with Crippen molar-refractivity contribution in [2.24, 2.45) is 0 Å². The van der Waals surface area contributed by atoms with E-state index in [0.29, 0.717) is 18.6 Å². The molecule has 18 heavy (non-hydrogen) atoms. The molecule has 4 nitrogen and oxygen atoms in total. The van der Waals surface area contributed by atoms with Gasteiger partial charge in [-0.25, -0.2) is 0 Å². The molecule has 0 radical (unpaired) electrons. The van der Waals surface area contributed by atoms with Crippen LogP contribution in [-0.4, -0.2) is 18.3 Å². The van der Waals surface area contributed by atoms with Crippen molar-refractivity contribution in [3.63, 3.8) is 0 Å². The van der Waals surface area contributed by atoms with Crippen molar-refractivity contribution in [2.75, 3.05) is 11.9 Å². The number of ketones is 1. The summed E-state index contributed by atoms with van der Waals surface area (Å²) in [4.78, 5) is 22.6. The summed E-state index contributed by atoms with van der Waals surface area (Å²) in [7, 11) is 0. The summed E-state index contributed by atoms with van der Waals surface area (Å²) in [6.07, 6.45) is 2.63. The first kappa shape index (κ1) is 12.6. The molecule has 0 saturated carbocycles. The fourth-order valence-electron chi connectivity index (χ4n) is 1.96. The van der Waals surface area contributed by atoms with E-state index in [-0.39, 0.29) is 18.3 Å². The summed E-state index contributed by atoms with van der Waals surface area (Å²) >= 11 is 0. The Morgan fingerprint density at radius 2 is 2.22 bits per heavy atom. The van der Waals surface area contributed by atoms with Gasteiger partial charge >= 0.3 is 0 Å². The number of rotatable bonds is 5. The second-order valence-electron chi connectivity index (χ2n) is 4.44. The molecule has 1 amide bonds. The van der Waals surface area contributed by atoms with Crippen molar-refractivity contribution in [1.29, 1.82) is 0 Å². The molecule has 0 fully saturated rings. The average Bonchev–Trinajstić information content (AvgIpc) is 2.36. The lowest BCUT2D eigenvalue weighted by Gasteiger charge is -2.17. The summed E-state index contributed by atoms with van der Waals surface area (Å²) in [6.45, 7) is 2.10. The van der Waals surface area contributed by atoms with Crippen LogP contribution in [0.5, 0.6) is 5.75 Å². The van der Waals surface area contributed by atoms with Crippen LogP contribution < -0.4 is 10.1 Å². The van der Waals surface area contributed by atoms with E-state index in [1.807, 2.05) is 19.1 Å². The second-order valence-corrected chi connectivity index (χ2v) is 4.44. The lowest BCUT2D eigenvalue weighted by Crippen LogP contribution is -2.19. The minimum atomic E-state index is 0.0503. The van der Waals surface area contributed by atoms with Crippen LogP contribution >= 0.6 is 0 Å². The van der Waals surface area contributed by atoms with Gasteiger partial charge in [0.05, 0.1) is 0 Å². The Labute approximate surface area is 106 Å². The number of amides is 1. The largest absolute Gasteiger partial charge is 0.486 e. The van der Waals surface area contributed by atoms with Gasteiger partial charge in [-0.2, -0.15) is 0 Å². The van der Waals surface area contributed by atoms with Gasteiger partial charge in [0.1, 0.15) is 12.4 Å². The van der Waals surface area contributed by atoms with E-state index in [0.717, 1.165) is 24.1 Å². The Morgan fingerprint density at radius 1 is 1.39 bits per heavy atom. The van der Waals surface area contributed by atoms with E-state index in [4.69, 9.17) is 4.74 Å². The van der Waals surface area contributed by atoms with E-state index < -0.39 is 0 Å². The van der Waals surface area contributed by atoms with Crippen LogP contribution in [0, 0.1) is 0 Å². The van der Waals surface area contributed by atoms with Crippen molar-refractivity contribution in [3.8, 4) is 5.75 Å². The highest BCUT2D eigenvalue weighted by molar-refractivity contribution is 5.94. The molecule has 0 saturated heterocycles. The number of ether oxygens (including phenoxy) is 1. The molecule has 1 aliphatic heterocycles. The molecule has 1 aliphatic rings. The van der Waals surface area contributed by atoms with E-state index >= 15 is 0 Å². The van der Waals surface area contributed by atoms with Gasteiger partial charge in [0, 0.05) is 18.5 Å². The van der Waals surface area contributed by atoms with Crippen molar-refractivity contribution in [1.82, 2.24) is 0 Å². The van der Waals surface area contributed by atoms with E-state index in [9.17, 15) is 9.59 Å². The molecule has 0 atom stereocenters. The maximum Gasteiger partial charge on any atom is 0.224 e. The summed E-state index contributed by atoms with van der Waals surface area (Å²) in [5, 5.41) is 2.81. The topological polar surface area (TPSA) is 55.4 Å². The first-order valence-electron chi connectivity index (χ1n) is 6.26. The SMILES string of the molecule is CCCC(=O)COc1ccc2c(c1)CCC(=O)N2. The number of benzene rings is 1. The van der Waals surface area contributed by atoms with Crippen molar-refractivity contribution >= 4 is 17.4 Å². The molecule has 2 rings (SSSR count). The number of anilines is 1. The van der Waals surface area contributed by atoms with Gasteiger partial charge in [0.2, 0.25) is 5.91 Å². The normalized spacial score (nSPS) is 13.7. The van der Waals surface area contributed by atoms with Crippen LogP contribution in [0.2, 0.25) is 0 Å². The zero-order valence-electron chi connectivity index (χ0n) is 10.5. The number of hydrogen-bond acceptors (Lipinski definition) is 3. The molecule has 0 unspecified atom stereocenters. The van der Waals surface area contributed by atoms with Crippen molar-refractivity contribution < 1.29 is 14.3 Å². The first-order chi connectivity index (χ1) is 8.69. The Balaban J connectivity index is 1.99. The molecular formula is C14H17NO3. The molecule has 1 aromatic carbocycles. The predicted octanol–water partition coefficient (Wildman–Crippen LogP) is 2.32. The highest BCUT2D eigenvalue weighted by Gasteiger charge is 2.15. The predicted molar refractivity (Wildman–Crippen MR) is 68.8 cm³/mol. The van der Waals surface area contributed by atoms with Gasteiger partial charge in [-0.1, -0.05) is 6.92 Å². The van der Waals surface area contributed by atoms with Crippen LogP contribution in [0.25, 0.3) is 0 Å². The Hall–Kier alpha value is -1.84. The van der Waals surface area contributed by atoms with Gasteiger partial charge in [-0.15, -0.1) is 0 Å². The highest BCUT2D eigenvalue weighted by Crippen LogP contribution is 2.26. The van der Waals surface area contributed by atoms with Gasteiger partial charge in [0.25, 0.3) is 0 Å². The number of hydrogen-bond donors (Lipinski definition) is 1. The lowest BCUT2D eigenvalue weighted by molar-refractivity contribution is -0.121. The molecule has 0 bridgehead atoms. The van der Waals surface area contributed by atoms with Crippen LogP contribution in [0.3, 0.4) is 0 Å². The highest BCUT2D eigenvalue weighted by atomic mass is 16.5. The monoisotopic (exact) mass is 247 g/mol. The van der Waals surface area contributed by atoms with Crippen LogP contribution in [0.15, 0.2) is 18.2 Å². The molecular weight excluding hydrogens is 230 g/mol. The van der Waals surface area contributed by atoms with Crippen LogP contribution in [-0.2, 0) is 16.0 Å². The fourth-order valence-corrected chi connectivity index (χ4v) is 1.96. The van der Waals surface area contributed by atoms with Crippen molar-refractivity contribution in [3.05, 3.63) is 23.8 Å². The number of aryl methyl sites for hydroxylation is 1. The Kier molecular flexibility index (Phi) is 3.97. The molecule has 0 aromatic heterocycles. The zero-order chi connectivity index (χ0) is 13.0. The molecule has 1 heterocycles. The maximum atomic E-state index is 11.4. The Bertz CT molecular complexity index is 468. The molecule has 1 N–H and O–H groups in total. The molecule has 4 heteroatoms. The molecule has 96 valence electrons. The van der Waals surface area contributed by atoms with Gasteiger partial charge in [0.15, 0.2) is 5.78 Å². The third-order valence-corrected chi connectivity index (χ3v) is 2.90. The summed E-state index contributed by atoms with van der Waals surface area (Å²) in [5.41, 5.74) is 1.91. The van der Waals surface area contributed by atoms with Crippen LogP contribution in [0.4, 0.5) is 5.69 Å². The third kappa shape index (κ3) is 3.09. The Morgan fingerprint density at radius 3 is 3.00 bits per heavy atom. The number of carbonyl (C=O) groups excluding carboxylic acids is 2. The zero-order valence-corrected chi connectivity index (χ0v) is 10.5.